The Morgan fingerprint density at radius 1 is 1.21 bits per heavy atom. The van der Waals surface area contributed by atoms with Crippen LogP contribution in [0.25, 0.3) is 0 Å². The molecule has 0 fully saturated rings. The van der Waals surface area contributed by atoms with Gasteiger partial charge in [-0.1, -0.05) is 30.3 Å². The van der Waals surface area contributed by atoms with Gasteiger partial charge in [0.25, 0.3) is 5.91 Å². The second-order valence-corrected chi connectivity index (χ2v) is 5.75. The third kappa shape index (κ3) is 4.41. The van der Waals surface area contributed by atoms with Gasteiger partial charge >= 0.3 is 5.97 Å². The molecule has 126 valence electrons. The number of rotatable bonds is 6. The van der Waals surface area contributed by atoms with Gasteiger partial charge in [-0.2, -0.15) is 0 Å². The van der Waals surface area contributed by atoms with Gasteiger partial charge in [-0.3, -0.25) is 9.59 Å². The Morgan fingerprint density at radius 3 is 2.58 bits per heavy atom. The Kier molecular flexibility index (Phi) is 5.68. The number of carbonyl (C=O) groups excluding carboxylic acids is 1. The number of hydrogen-bond donors (Lipinski definition) is 2. The second kappa shape index (κ2) is 7.73. The molecule has 5 heteroatoms. The van der Waals surface area contributed by atoms with Gasteiger partial charge in [0.1, 0.15) is 5.82 Å². The van der Waals surface area contributed by atoms with E-state index in [1.165, 1.54) is 6.07 Å². The highest BCUT2D eigenvalue weighted by atomic mass is 19.1. The molecular weight excluding hydrogens is 309 g/mol. The molecule has 0 aliphatic carbocycles. The van der Waals surface area contributed by atoms with Crippen molar-refractivity contribution in [3.05, 3.63) is 70.5 Å². The third-order valence-electron chi connectivity index (χ3n) is 3.91. The molecule has 24 heavy (non-hydrogen) atoms. The number of aliphatic carboxylic acids is 1. The van der Waals surface area contributed by atoms with Crippen LogP contribution in [0.3, 0.4) is 0 Å². The van der Waals surface area contributed by atoms with Crippen LogP contribution < -0.4 is 5.32 Å². The number of benzene rings is 2. The van der Waals surface area contributed by atoms with Crippen LogP contribution in [0.4, 0.5) is 4.39 Å². The maximum absolute atomic E-state index is 13.7. The van der Waals surface area contributed by atoms with Crippen LogP contribution >= 0.6 is 0 Å². The standard InChI is InChI=1S/C19H20FNO3/c1-12-7-8-15(11-17(12)20)13(2)21-19(24)16-6-4-3-5-14(16)9-10-18(22)23/h3-8,11,13H,9-10H2,1-2H3,(H,21,24)(H,22,23). The van der Waals surface area contributed by atoms with Gasteiger partial charge < -0.3 is 10.4 Å². The molecule has 2 aromatic rings. The lowest BCUT2D eigenvalue weighted by Crippen LogP contribution is -2.27. The van der Waals surface area contributed by atoms with E-state index in [0.717, 1.165) is 0 Å². The summed E-state index contributed by atoms with van der Waals surface area (Å²) in [5, 5.41) is 11.6. The maximum Gasteiger partial charge on any atom is 0.303 e. The van der Waals surface area contributed by atoms with Gasteiger partial charge in [0, 0.05) is 12.0 Å². The maximum atomic E-state index is 13.7. The second-order valence-electron chi connectivity index (χ2n) is 5.75. The molecule has 0 bridgehead atoms. The van der Waals surface area contributed by atoms with Gasteiger partial charge in [-0.05, 0) is 49.1 Å². The number of carboxylic acids is 1. The van der Waals surface area contributed by atoms with E-state index in [0.29, 0.717) is 22.3 Å². The van der Waals surface area contributed by atoms with E-state index in [9.17, 15) is 14.0 Å². The quantitative estimate of drug-likeness (QED) is 0.850. The summed E-state index contributed by atoms with van der Waals surface area (Å²) in [7, 11) is 0. The van der Waals surface area contributed by atoms with Crippen LogP contribution in [0.1, 0.15) is 46.4 Å². The van der Waals surface area contributed by atoms with Crippen LogP contribution in [0, 0.1) is 12.7 Å². The summed E-state index contributed by atoms with van der Waals surface area (Å²) < 4.78 is 13.7. The number of nitrogens with one attached hydrogen (secondary N) is 1. The van der Waals surface area contributed by atoms with Gasteiger partial charge in [0.05, 0.1) is 6.04 Å². The van der Waals surface area contributed by atoms with E-state index in [1.807, 2.05) is 0 Å². The van der Waals surface area contributed by atoms with E-state index in [-0.39, 0.29) is 30.6 Å². The third-order valence-corrected chi connectivity index (χ3v) is 3.91. The minimum atomic E-state index is -0.909. The van der Waals surface area contributed by atoms with Crippen molar-refractivity contribution in [3.8, 4) is 0 Å². The molecule has 2 rings (SSSR count). The smallest absolute Gasteiger partial charge is 0.303 e. The van der Waals surface area contributed by atoms with Crippen molar-refractivity contribution in [1.29, 1.82) is 0 Å². The molecule has 2 aromatic carbocycles. The van der Waals surface area contributed by atoms with Gasteiger partial charge in [-0.25, -0.2) is 4.39 Å². The first-order chi connectivity index (χ1) is 11.4. The predicted octanol–water partition coefficient (Wildman–Crippen LogP) is 3.64. The molecule has 0 heterocycles. The monoisotopic (exact) mass is 329 g/mol. The lowest BCUT2D eigenvalue weighted by atomic mass is 10.0. The minimum Gasteiger partial charge on any atom is -0.481 e. The first-order valence-corrected chi connectivity index (χ1v) is 7.75. The molecule has 0 radical (unpaired) electrons. The van der Waals surface area contributed by atoms with E-state index in [1.54, 1.807) is 50.2 Å². The van der Waals surface area contributed by atoms with Gasteiger partial charge in [0.15, 0.2) is 0 Å². The van der Waals surface area contributed by atoms with Crippen LogP contribution in [0.5, 0.6) is 0 Å². The van der Waals surface area contributed by atoms with E-state index < -0.39 is 5.97 Å². The van der Waals surface area contributed by atoms with E-state index >= 15 is 0 Å². The summed E-state index contributed by atoms with van der Waals surface area (Å²) in [6.07, 6.45) is 0.246. The topological polar surface area (TPSA) is 66.4 Å². The van der Waals surface area contributed by atoms with Crippen LogP contribution in [0.2, 0.25) is 0 Å². The number of hydrogen-bond acceptors (Lipinski definition) is 2. The molecule has 1 unspecified atom stereocenters. The summed E-state index contributed by atoms with van der Waals surface area (Å²) in [6, 6.07) is 11.4. The lowest BCUT2D eigenvalue weighted by Gasteiger charge is -2.16. The molecule has 0 aromatic heterocycles. The molecule has 0 saturated carbocycles. The van der Waals surface area contributed by atoms with Crippen molar-refractivity contribution in [2.24, 2.45) is 0 Å². The average Bonchev–Trinajstić information content (AvgIpc) is 2.55. The molecule has 1 atom stereocenters. The minimum absolute atomic E-state index is 0.0387. The summed E-state index contributed by atoms with van der Waals surface area (Å²) in [5.41, 5.74) is 2.35. The zero-order valence-corrected chi connectivity index (χ0v) is 13.7. The van der Waals surface area contributed by atoms with Crippen LogP contribution in [0.15, 0.2) is 42.5 Å². The number of aryl methyl sites for hydroxylation is 2. The van der Waals surface area contributed by atoms with Crippen molar-refractivity contribution < 1.29 is 19.1 Å². The normalized spacial score (nSPS) is 11.8. The highest BCUT2D eigenvalue weighted by Crippen LogP contribution is 2.18. The summed E-state index contributed by atoms with van der Waals surface area (Å²) in [5.74, 6) is -1.52. The predicted molar refractivity (Wildman–Crippen MR) is 89.4 cm³/mol. The Labute approximate surface area is 140 Å². The Morgan fingerprint density at radius 2 is 1.92 bits per heavy atom. The Bertz CT molecular complexity index is 758. The van der Waals surface area contributed by atoms with Crippen molar-refractivity contribution in [1.82, 2.24) is 5.32 Å². The first kappa shape index (κ1) is 17.7. The fourth-order valence-electron chi connectivity index (χ4n) is 2.44. The molecule has 0 aliphatic rings. The fraction of sp³-hybridized carbons (Fsp3) is 0.263. The highest BCUT2D eigenvalue weighted by Gasteiger charge is 2.15. The van der Waals surface area contributed by atoms with Crippen molar-refractivity contribution >= 4 is 11.9 Å². The molecule has 1 amide bonds. The Hall–Kier alpha value is -2.69. The number of amides is 1. The average molecular weight is 329 g/mol. The molecule has 4 nitrogen and oxygen atoms in total. The molecule has 0 saturated heterocycles. The molecular formula is C19H20FNO3. The largest absolute Gasteiger partial charge is 0.481 e. The molecule has 0 aliphatic heterocycles. The van der Waals surface area contributed by atoms with Gasteiger partial charge in [0.2, 0.25) is 0 Å². The SMILES string of the molecule is Cc1ccc(C(C)NC(=O)c2ccccc2CCC(=O)O)cc1F. The van der Waals surface area contributed by atoms with E-state index in [2.05, 4.69) is 5.32 Å². The molecule has 0 spiro atoms. The Balaban J connectivity index is 2.14. The van der Waals surface area contributed by atoms with Crippen molar-refractivity contribution in [3.63, 3.8) is 0 Å². The summed E-state index contributed by atoms with van der Waals surface area (Å²) >= 11 is 0. The summed E-state index contributed by atoms with van der Waals surface area (Å²) in [4.78, 5) is 23.2. The lowest BCUT2D eigenvalue weighted by molar-refractivity contribution is -0.136. The van der Waals surface area contributed by atoms with E-state index in [4.69, 9.17) is 5.11 Å². The zero-order valence-electron chi connectivity index (χ0n) is 13.7. The molecule has 2 N–H and O–H groups in total. The van der Waals surface area contributed by atoms with Crippen LogP contribution in [-0.2, 0) is 11.2 Å². The van der Waals surface area contributed by atoms with Gasteiger partial charge in [-0.15, -0.1) is 0 Å². The highest BCUT2D eigenvalue weighted by molar-refractivity contribution is 5.96. The number of carbonyl (C=O) groups is 2. The van der Waals surface area contributed by atoms with Crippen molar-refractivity contribution in [2.75, 3.05) is 0 Å². The number of halogens is 1. The summed E-state index contributed by atoms with van der Waals surface area (Å²) in [6.45, 7) is 3.46. The first-order valence-electron chi connectivity index (χ1n) is 7.75. The van der Waals surface area contributed by atoms with Crippen molar-refractivity contribution in [2.45, 2.75) is 32.7 Å². The zero-order chi connectivity index (χ0) is 17.7. The number of carboxylic acid groups (broad SMARTS) is 1. The van der Waals surface area contributed by atoms with Crippen LogP contribution in [-0.4, -0.2) is 17.0 Å². The fourth-order valence-corrected chi connectivity index (χ4v) is 2.44.